The van der Waals surface area contributed by atoms with E-state index in [-0.39, 0.29) is 0 Å². The first-order chi connectivity index (χ1) is 5.56. The van der Waals surface area contributed by atoms with Crippen LogP contribution >= 0.6 is 36.2 Å². The van der Waals surface area contributed by atoms with E-state index in [0.717, 1.165) is 15.5 Å². The standard InChI is InChI=1S/C6H13N2S3Si/c1-4(3-7-6(10)12)8-5(9)11-2/h4H,3,12H2,1-2H3,(H,7,10)(H,8,9). The molecule has 0 aliphatic heterocycles. The monoisotopic (exact) mass is 237 g/mol. The number of hydrogen-bond acceptors (Lipinski definition) is 3. The predicted octanol–water partition coefficient (Wildman–Crippen LogP) is 0.120. The molecule has 0 amide bonds. The second kappa shape index (κ2) is 6.82. The first-order valence-electron chi connectivity index (χ1n) is 3.50. The number of thiocarbonyl (C=S) groups is 2. The summed E-state index contributed by atoms with van der Waals surface area (Å²) in [6.45, 7) is 2.89. The van der Waals surface area contributed by atoms with Gasteiger partial charge in [-0.15, -0.1) is 11.8 Å². The Morgan fingerprint density at radius 3 is 2.58 bits per heavy atom. The van der Waals surface area contributed by atoms with Crippen molar-refractivity contribution in [1.82, 2.24) is 10.6 Å². The molecule has 0 aliphatic carbocycles. The van der Waals surface area contributed by atoms with Gasteiger partial charge in [-0.3, -0.25) is 0 Å². The lowest BCUT2D eigenvalue weighted by Crippen LogP contribution is -2.39. The van der Waals surface area contributed by atoms with Crippen LogP contribution in [0, 0.1) is 0 Å². The van der Waals surface area contributed by atoms with Crippen molar-refractivity contribution in [3.63, 3.8) is 0 Å². The quantitative estimate of drug-likeness (QED) is 0.536. The van der Waals surface area contributed by atoms with E-state index < -0.39 is 0 Å². The average Bonchev–Trinajstić information content (AvgIpc) is 2.00. The lowest BCUT2D eigenvalue weighted by atomic mass is 10.3. The molecule has 12 heavy (non-hydrogen) atoms. The van der Waals surface area contributed by atoms with Crippen LogP contribution in [0.5, 0.6) is 0 Å². The number of nitrogens with one attached hydrogen (secondary N) is 2. The SMILES string of the molecule is CSC(=S)NC(C)CNC([SiH2])=S. The molecule has 2 nitrogen and oxygen atoms in total. The molecule has 1 radical (unpaired) electrons. The Morgan fingerprint density at radius 2 is 2.17 bits per heavy atom. The van der Waals surface area contributed by atoms with Gasteiger partial charge in [-0.2, -0.15) is 0 Å². The minimum absolute atomic E-state index is 0.327. The first kappa shape index (κ1) is 12.3. The zero-order valence-electron chi connectivity index (χ0n) is 7.22. The third-order valence-corrected chi connectivity index (χ3v) is 2.66. The molecule has 0 rings (SSSR count). The summed E-state index contributed by atoms with van der Waals surface area (Å²) < 4.78 is 1.67. The van der Waals surface area contributed by atoms with E-state index in [9.17, 15) is 0 Å². The van der Waals surface area contributed by atoms with Crippen molar-refractivity contribution in [3.05, 3.63) is 0 Å². The third-order valence-electron chi connectivity index (χ3n) is 1.16. The first-order valence-corrected chi connectivity index (χ1v) is 6.25. The highest BCUT2D eigenvalue weighted by atomic mass is 32.2. The van der Waals surface area contributed by atoms with E-state index in [1.165, 1.54) is 0 Å². The second-order valence-electron chi connectivity index (χ2n) is 2.34. The fourth-order valence-electron chi connectivity index (χ4n) is 0.578. The molecule has 1 unspecified atom stereocenters. The molecule has 6 heteroatoms. The van der Waals surface area contributed by atoms with Crippen molar-refractivity contribution in [2.75, 3.05) is 12.8 Å². The van der Waals surface area contributed by atoms with Crippen LogP contribution in [0.4, 0.5) is 0 Å². The van der Waals surface area contributed by atoms with Gasteiger partial charge in [-0.1, -0.05) is 24.4 Å². The van der Waals surface area contributed by atoms with E-state index in [1.54, 1.807) is 22.0 Å². The summed E-state index contributed by atoms with van der Waals surface area (Å²) in [5, 5.41) is 6.25. The Labute approximate surface area is 91.7 Å². The van der Waals surface area contributed by atoms with Gasteiger partial charge in [-0.05, 0) is 13.2 Å². The smallest absolute Gasteiger partial charge is 0.133 e. The van der Waals surface area contributed by atoms with Crippen molar-refractivity contribution < 1.29 is 0 Å². The summed E-state index contributed by atoms with van der Waals surface area (Å²) in [7, 11) is 1.68. The predicted molar refractivity (Wildman–Crippen MR) is 67.9 cm³/mol. The van der Waals surface area contributed by atoms with Gasteiger partial charge in [0.2, 0.25) is 0 Å². The van der Waals surface area contributed by atoms with E-state index in [4.69, 9.17) is 24.4 Å². The van der Waals surface area contributed by atoms with Crippen LogP contribution in [0.2, 0.25) is 0 Å². The van der Waals surface area contributed by atoms with Crippen LogP contribution < -0.4 is 10.6 Å². The van der Waals surface area contributed by atoms with E-state index in [0.29, 0.717) is 6.04 Å². The van der Waals surface area contributed by atoms with Crippen molar-refractivity contribution in [2.24, 2.45) is 0 Å². The van der Waals surface area contributed by atoms with Crippen molar-refractivity contribution in [1.29, 1.82) is 0 Å². The van der Waals surface area contributed by atoms with Gasteiger partial charge in [0.1, 0.15) is 4.32 Å². The molecule has 0 fully saturated rings. The van der Waals surface area contributed by atoms with Gasteiger partial charge in [-0.25, -0.2) is 0 Å². The summed E-state index contributed by atoms with van der Waals surface area (Å²) in [5.41, 5.74) is 0. The second-order valence-corrected chi connectivity index (χ2v) is 5.54. The minimum atomic E-state index is 0.327. The molecule has 69 valence electrons. The van der Waals surface area contributed by atoms with E-state index in [2.05, 4.69) is 17.6 Å². The van der Waals surface area contributed by atoms with Gasteiger partial charge in [0.15, 0.2) is 0 Å². The van der Waals surface area contributed by atoms with Crippen LogP contribution in [-0.4, -0.2) is 38.0 Å². The topological polar surface area (TPSA) is 24.1 Å². The van der Waals surface area contributed by atoms with Gasteiger partial charge in [0.25, 0.3) is 0 Å². The Bertz CT molecular complexity index is 174. The zero-order chi connectivity index (χ0) is 9.56. The Balaban J connectivity index is 3.52. The molecule has 0 heterocycles. The zero-order valence-corrected chi connectivity index (χ0v) is 11.1. The van der Waals surface area contributed by atoms with Crippen LogP contribution in [0.15, 0.2) is 0 Å². The van der Waals surface area contributed by atoms with Crippen LogP contribution in [-0.2, 0) is 0 Å². The molecular formula is C6H13N2S3Si. The fraction of sp³-hybridized carbons (Fsp3) is 0.667. The molecule has 0 aromatic carbocycles. The fourth-order valence-corrected chi connectivity index (χ4v) is 1.33. The normalized spacial score (nSPS) is 11.9. The minimum Gasteiger partial charge on any atom is -0.382 e. The maximum atomic E-state index is 5.00. The summed E-state index contributed by atoms with van der Waals surface area (Å²) in [5.74, 6) is 0. The van der Waals surface area contributed by atoms with Gasteiger partial charge in [0, 0.05) is 17.2 Å². The molecule has 0 aromatic rings. The van der Waals surface area contributed by atoms with E-state index in [1.807, 2.05) is 6.26 Å². The molecule has 0 aliphatic rings. The van der Waals surface area contributed by atoms with Gasteiger partial charge in [0.05, 0.1) is 10.2 Å². The van der Waals surface area contributed by atoms with Crippen molar-refractivity contribution in [2.45, 2.75) is 13.0 Å². The Morgan fingerprint density at radius 1 is 1.58 bits per heavy atom. The van der Waals surface area contributed by atoms with Gasteiger partial charge < -0.3 is 10.6 Å². The Hall–Kier alpha value is 0.347. The molecule has 2 N–H and O–H groups in total. The highest BCUT2D eigenvalue weighted by Crippen LogP contribution is 1.94. The third kappa shape index (κ3) is 7.02. The summed E-state index contributed by atoms with van der Waals surface area (Å²) in [6.07, 6.45) is 1.96. The highest BCUT2D eigenvalue weighted by molar-refractivity contribution is 8.22. The maximum Gasteiger partial charge on any atom is 0.133 e. The van der Waals surface area contributed by atoms with Crippen molar-refractivity contribution >= 4 is 55.4 Å². The van der Waals surface area contributed by atoms with Crippen molar-refractivity contribution in [3.8, 4) is 0 Å². The molecular weight excluding hydrogens is 224 g/mol. The van der Waals surface area contributed by atoms with E-state index >= 15 is 0 Å². The molecule has 0 saturated carbocycles. The lowest BCUT2D eigenvalue weighted by Gasteiger charge is -2.15. The Kier molecular flexibility index (Phi) is 7.02. The number of hydrogen-bond donors (Lipinski definition) is 2. The summed E-state index contributed by atoms with van der Waals surface area (Å²) in [4.78, 5) is 0. The average molecular weight is 237 g/mol. The maximum absolute atomic E-state index is 5.00. The molecule has 0 bridgehead atoms. The summed E-state index contributed by atoms with van der Waals surface area (Å²) >= 11 is 11.4. The largest absolute Gasteiger partial charge is 0.382 e. The van der Waals surface area contributed by atoms with Crippen LogP contribution in [0.1, 0.15) is 6.92 Å². The lowest BCUT2D eigenvalue weighted by molar-refractivity contribution is 0.652. The molecule has 0 spiro atoms. The number of thioether (sulfide) groups is 1. The molecule has 1 atom stereocenters. The van der Waals surface area contributed by atoms with Crippen LogP contribution in [0.25, 0.3) is 0 Å². The number of rotatable bonds is 3. The summed E-state index contributed by atoms with van der Waals surface area (Å²) in [6, 6.07) is 0.327. The molecule has 0 saturated heterocycles. The van der Waals surface area contributed by atoms with Gasteiger partial charge >= 0.3 is 0 Å². The molecule has 0 aromatic heterocycles. The van der Waals surface area contributed by atoms with Crippen LogP contribution in [0.3, 0.4) is 0 Å². The highest BCUT2D eigenvalue weighted by Gasteiger charge is 2.01.